The summed E-state index contributed by atoms with van der Waals surface area (Å²) in [7, 11) is 1.60. The van der Waals surface area contributed by atoms with Gasteiger partial charge in [-0.1, -0.05) is 11.3 Å². The molecular formula is C13H14N4O4S2. The summed E-state index contributed by atoms with van der Waals surface area (Å²) in [6.07, 6.45) is 0. The number of benzene rings is 1. The Hall–Kier alpha value is -2.04. The van der Waals surface area contributed by atoms with Crippen LogP contribution in [0.15, 0.2) is 27.4 Å². The van der Waals surface area contributed by atoms with E-state index in [4.69, 9.17) is 4.74 Å². The Kier molecular flexibility index (Phi) is 6.02. The van der Waals surface area contributed by atoms with Crippen molar-refractivity contribution in [3.63, 3.8) is 0 Å². The monoisotopic (exact) mass is 354 g/mol. The van der Waals surface area contributed by atoms with Crippen molar-refractivity contribution in [1.29, 1.82) is 0 Å². The molecule has 1 heterocycles. The van der Waals surface area contributed by atoms with Crippen LogP contribution in [0, 0.1) is 10.1 Å². The number of carbonyl (C=O) groups excluding carboxylic acids is 1. The van der Waals surface area contributed by atoms with Crippen molar-refractivity contribution in [1.82, 2.24) is 10.2 Å². The Balaban J connectivity index is 2.16. The van der Waals surface area contributed by atoms with E-state index in [0.29, 0.717) is 33.1 Å². The number of nitrogens with zero attached hydrogens (tertiary/aromatic N) is 3. The first-order valence-corrected chi connectivity index (χ1v) is 8.18. The lowest BCUT2D eigenvalue weighted by molar-refractivity contribution is -0.387. The highest BCUT2D eigenvalue weighted by atomic mass is 32.2. The fourth-order valence-corrected chi connectivity index (χ4v) is 3.46. The Morgan fingerprint density at radius 3 is 2.91 bits per heavy atom. The second-order valence-corrected chi connectivity index (χ2v) is 6.66. The molecule has 8 nitrogen and oxygen atoms in total. The third-order valence-electron chi connectivity index (χ3n) is 2.75. The molecule has 0 aliphatic carbocycles. The highest BCUT2D eigenvalue weighted by molar-refractivity contribution is 8.01. The van der Waals surface area contributed by atoms with Crippen molar-refractivity contribution < 1.29 is 14.5 Å². The van der Waals surface area contributed by atoms with E-state index >= 15 is 0 Å². The summed E-state index contributed by atoms with van der Waals surface area (Å²) < 4.78 is 5.50. The van der Waals surface area contributed by atoms with Gasteiger partial charge in [0.25, 0.3) is 5.69 Å². The van der Waals surface area contributed by atoms with Gasteiger partial charge in [0.2, 0.25) is 5.13 Å². The number of Topliss-reactive ketones (excluding diaryl/α,β-unsaturated/α-hetero) is 1. The predicted octanol–water partition coefficient (Wildman–Crippen LogP) is 2.86. The Morgan fingerprint density at radius 1 is 1.48 bits per heavy atom. The molecule has 2 rings (SSSR count). The fraction of sp³-hybridized carbons (Fsp3) is 0.308. The van der Waals surface area contributed by atoms with Gasteiger partial charge in [-0.05, 0) is 30.8 Å². The maximum atomic E-state index is 11.4. The summed E-state index contributed by atoms with van der Waals surface area (Å²) in [6.45, 7) is 2.51. The fourth-order valence-electron chi connectivity index (χ4n) is 1.64. The van der Waals surface area contributed by atoms with Crippen LogP contribution in [0.1, 0.15) is 17.3 Å². The highest BCUT2D eigenvalue weighted by Crippen LogP contribution is 2.37. The molecule has 0 atom stereocenters. The number of anilines is 1. The topological polar surface area (TPSA) is 107 Å². The Labute approximate surface area is 140 Å². The van der Waals surface area contributed by atoms with Crippen LogP contribution in [-0.4, -0.2) is 41.2 Å². The lowest BCUT2D eigenvalue weighted by Crippen LogP contribution is -2.06. The second kappa shape index (κ2) is 7.99. The SMILES string of the molecule is COCCNc1nnc(Sc2ccc(C(C)=O)cc2[N+](=O)[O-])s1. The molecule has 0 radical (unpaired) electrons. The van der Waals surface area contributed by atoms with Gasteiger partial charge in [-0.2, -0.15) is 0 Å². The van der Waals surface area contributed by atoms with Gasteiger partial charge in [-0.25, -0.2) is 0 Å². The number of methoxy groups -OCH3 is 1. The van der Waals surface area contributed by atoms with E-state index in [1.54, 1.807) is 19.2 Å². The first kappa shape index (κ1) is 17.3. The quantitative estimate of drug-likeness (QED) is 0.334. The van der Waals surface area contributed by atoms with Crippen molar-refractivity contribution >= 4 is 39.7 Å². The number of hydrogen-bond donors (Lipinski definition) is 1. The van der Waals surface area contributed by atoms with E-state index in [9.17, 15) is 14.9 Å². The van der Waals surface area contributed by atoms with Gasteiger partial charge >= 0.3 is 0 Å². The number of hydrogen-bond acceptors (Lipinski definition) is 9. The molecule has 10 heteroatoms. The van der Waals surface area contributed by atoms with Crippen molar-refractivity contribution in [3.05, 3.63) is 33.9 Å². The maximum absolute atomic E-state index is 11.4. The van der Waals surface area contributed by atoms with Crippen LogP contribution in [-0.2, 0) is 4.74 Å². The summed E-state index contributed by atoms with van der Waals surface area (Å²) in [5, 5.41) is 22.8. The van der Waals surface area contributed by atoms with Gasteiger partial charge in [-0.15, -0.1) is 10.2 Å². The number of ether oxygens (including phenoxy) is 1. The van der Waals surface area contributed by atoms with Gasteiger partial charge in [0.05, 0.1) is 16.4 Å². The minimum Gasteiger partial charge on any atom is -0.383 e. The third-order valence-corrected chi connectivity index (χ3v) is 4.75. The van der Waals surface area contributed by atoms with Gasteiger partial charge in [0.15, 0.2) is 10.1 Å². The summed E-state index contributed by atoms with van der Waals surface area (Å²) >= 11 is 2.44. The van der Waals surface area contributed by atoms with Gasteiger partial charge in [0, 0.05) is 25.3 Å². The van der Waals surface area contributed by atoms with Crippen molar-refractivity contribution in [2.75, 3.05) is 25.6 Å². The van der Waals surface area contributed by atoms with Crippen LogP contribution in [0.2, 0.25) is 0 Å². The lowest BCUT2D eigenvalue weighted by Gasteiger charge is -2.02. The highest BCUT2D eigenvalue weighted by Gasteiger charge is 2.18. The van der Waals surface area contributed by atoms with Crippen LogP contribution in [0.5, 0.6) is 0 Å². The Bertz CT molecular complexity index is 720. The molecule has 0 unspecified atom stereocenters. The first-order valence-electron chi connectivity index (χ1n) is 6.55. The van der Waals surface area contributed by atoms with E-state index in [2.05, 4.69) is 15.5 Å². The molecule has 1 aromatic heterocycles. The molecule has 122 valence electrons. The summed E-state index contributed by atoms with van der Waals surface area (Å²) in [4.78, 5) is 22.4. The average molecular weight is 354 g/mol. The largest absolute Gasteiger partial charge is 0.383 e. The summed E-state index contributed by atoms with van der Waals surface area (Å²) in [5.41, 5.74) is 0.187. The standard InChI is InChI=1S/C13H14N4O4S2/c1-8(18)9-3-4-11(10(7-9)17(19)20)22-13-16-15-12(23-13)14-5-6-21-2/h3-4,7H,5-6H2,1-2H3,(H,14,15). The molecule has 0 fully saturated rings. The van der Waals surface area contributed by atoms with Crippen LogP contribution in [0.3, 0.4) is 0 Å². The molecule has 0 spiro atoms. The van der Waals surface area contributed by atoms with Crippen molar-refractivity contribution in [2.24, 2.45) is 0 Å². The lowest BCUT2D eigenvalue weighted by atomic mass is 10.1. The maximum Gasteiger partial charge on any atom is 0.284 e. The average Bonchev–Trinajstić information content (AvgIpc) is 2.95. The first-order chi connectivity index (χ1) is 11.0. The third kappa shape index (κ3) is 4.71. The summed E-state index contributed by atoms with van der Waals surface area (Å²) in [6, 6.07) is 4.40. The molecule has 0 amide bonds. The number of carbonyl (C=O) groups is 1. The zero-order valence-electron chi connectivity index (χ0n) is 12.4. The number of nitrogens with one attached hydrogen (secondary N) is 1. The van der Waals surface area contributed by atoms with Crippen LogP contribution >= 0.6 is 23.1 Å². The molecule has 1 N–H and O–H groups in total. The van der Waals surface area contributed by atoms with E-state index in [-0.39, 0.29) is 11.5 Å². The minimum atomic E-state index is -0.506. The smallest absolute Gasteiger partial charge is 0.284 e. The van der Waals surface area contributed by atoms with Crippen molar-refractivity contribution in [3.8, 4) is 0 Å². The molecule has 23 heavy (non-hydrogen) atoms. The van der Waals surface area contributed by atoms with Gasteiger partial charge in [0.1, 0.15) is 0 Å². The number of nitro groups is 1. The van der Waals surface area contributed by atoms with Crippen LogP contribution < -0.4 is 5.32 Å². The minimum absolute atomic E-state index is 0.119. The van der Waals surface area contributed by atoms with E-state index in [1.165, 1.54) is 24.3 Å². The second-order valence-electron chi connectivity index (χ2n) is 4.39. The molecular weight excluding hydrogens is 340 g/mol. The molecule has 1 aromatic carbocycles. The van der Waals surface area contributed by atoms with Crippen LogP contribution in [0.25, 0.3) is 0 Å². The number of aromatic nitrogens is 2. The van der Waals surface area contributed by atoms with Gasteiger partial charge in [-0.3, -0.25) is 14.9 Å². The van der Waals surface area contributed by atoms with E-state index in [0.717, 1.165) is 11.8 Å². The molecule has 0 saturated heterocycles. The van der Waals surface area contributed by atoms with Crippen molar-refractivity contribution in [2.45, 2.75) is 16.2 Å². The number of ketones is 1. The molecule has 0 aliphatic rings. The van der Waals surface area contributed by atoms with Crippen LogP contribution in [0.4, 0.5) is 10.8 Å². The molecule has 2 aromatic rings. The molecule has 0 saturated carbocycles. The molecule has 0 aliphatic heterocycles. The van der Waals surface area contributed by atoms with E-state index in [1.807, 2.05) is 0 Å². The summed E-state index contributed by atoms with van der Waals surface area (Å²) in [5.74, 6) is -0.217. The van der Waals surface area contributed by atoms with E-state index < -0.39 is 4.92 Å². The predicted molar refractivity (Wildman–Crippen MR) is 87.5 cm³/mol. The zero-order chi connectivity index (χ0) is 16.8. The molecule has 0 bridgehead atoms. The zero-order valence-corrected chi connectivity index (χ0v) is 14.1. The number of nitro benzene ring substituents is 1. The Morgan fingerprint density at radius 2 is 2.26 bits per heavy atom. The normalized spacial score (nSPS) is 10.5. The number of rotatable bonds is 8. The van der Waals surface area contributed by atoms with Gasteiger partial charge < -0.3 is 10.1 Å².